The van der Waals surface area contributed by atoms with Crippen molar-refractivity contribution in [3.05, 3.63) is 45.1 Å². The van der Waals surface area contributed by atoms with E-state index in [0.29, 0.717) is 5.69 Å². The maximum absolute atomic E-state index is 12.3. The van der Waals surface area contributed by atoms with Crippen molar-refractivity contribution in [2.24, 2.45) is 7.05 Å². The molecule has 0 bridgehead atoms. The molecular formula is C11H11ClN4O4S. The third-order valence-electron chi connectivity index (χ3n) is 2.66. The number of hydrogen-bond acceptors (Lipinski definition) is 5. The van der Waals surface area contributed by atoms with E-state index in [4.69, 9.17) is 11.6 Å². The molecule has 0 spiro atoms. The molecule has 1 N–H and O–H groups in total. The lowest BCUT2D eigenvalue weighted by molar-refractivity contribution is -0.385. The zero-order valence-corrected chi connectivity index (χ0v) is 12.6. The van der Waals surface area contributed by atoms with Crippen molar-refractivity contribution in [1.82, 2.24) is 9.78 Å². The smallest absolute Gasteiger partial charge is 0.264 e. The van der Waals surface area contributed by atoms with Gasteiger partial charge in [0, 0.05) is 25.2 Å². The van der Waals surface area contributed by atoms with Crippen LogP contribution in [0.5, 0.6) is 0 Å². The van der Waals surface area contributed by atoms with Gasteiger partial charge in [0.1, 0.15) is 10.7 Å². The molecule has 0 unspecified atom stereocenters. The monoisotopic (exact) mass is 330 g/mol. The molecule has 2 aromatic rings. The Morgan fingerprint density at radius 3 is 2.57 bits per heavy atom. The molecule has 112 valence electrons. The first-order chi connectivity index (χ1) is 9.70. The highest BCUT2D eigenvalue weighted by Crippen LogP contribution is 2.27. The van der Waals surface area contributed by atoms with E-state index >= 15 is 0 Å². The van der Waals surface area contributed by atoms with Crippen molar-refractivity contribution in [3.63, 3.8) is 0 Å². The van der Waals surface area contributed by atoms with E-state index in [2.05, 4.69) is 9.82 Å². The lowest BCUT2D eigenvalue weighted by Crippen LogP contribution is -2.16. The topological polar surface area (TPSA) is 107 Å². The SMILES string of the molecule is Cc1cc(NS(=O)(=O)c2cc([N+](=O)[O-])ccc2Cl)n(C)n1. The average molecular weight is 331 g/mol. The second-order valence-corrected chi connectivity index (χ2v) is 6.33. The fourth-order valence-corrected chi connectivity index (χ4v) is 3.31. The van der Waals surface area contributed by atoms with Crippen LogP contribution in [-0.2, 0) is 17.1 Å². The Morgan fingerprint density at radius 1 is 1.38 bits per heavy atom. The molecule has 0 aliphatic heterocycles. The largest absolute Gasteiger partial charge is 0.270 e. The lowest BCUT2D eigenvalue weighted by atomic mass is 10.3. The van der Waals surface area contributed by atoms with Crippen LogP contribution in [0.25, 0.3) is 0 Å². The van der Waals surface area contributed by atoms with Crippen LogP contribution in [-0.4, -0.2) is 23.1 Å². The van der Waals surface area contributed by atoms with Gasteiger partial charge in [-0.1, -0.05) is 11.6 Å². The Bertz CT molecular complexity index is 816. The van der Waals surface area contributed by atoms with Gasteiger partial charge in [-0.25, -0.2) is 8.42 Å². The van der Waals surface area contributed by atoms with Crippen LogP contribution >= 0.6 is 11.6 Å². The molecule has 2 rings (SSSR count). The van der Waals surface area contributed by atoms with E-state index < -0.39 is 14.9 Å². The molecule has 1 aromatic carbocycles. The molecular weight excluding hydrogens is 320 g/mol. The van der Waals surface area contributed by atoms with Crippen LogP contribution < -0.4 is 4.72 Å². The lowest BCUT2D eigenvalue weighted by Gasteiger charge is -2.09. The molecule has 1 heterocycles. The van der Waals surface area contributed by atoms with Gasteiger partial charge in [0.15, 0.2) is 0 Å². The van der Waals surface area contributed by atoms with Gasteiger partial charge < -0.3 is 0 Å². The third-order valence-corrected chi connectivity index (χ3v) is 4.49. The summed E-state index contributed by atoms with van der Waals surface area (Å²) in [7, 11) is -2.49. The van der Waals surface area contributed by atoms with Crippen molar-refractivity contribution >= 4 is 33.1 Å². The number of nitrogens with one attached hydrogen (secondary N) is 1. The molecule has 1 aromatic heterocycles. The van der Waals surface area contributed by atoms with Crippen molar-refractivity contribution < 1.29 is 13.3 Å². The summed E-state index contributed by atoms with van der Waals surface area (Å²) >= 11 is 5.83. The molecule has 0 radical (unpaired) electrons. The molecule has 8 nitrogen and oxygen atoms in total. The van der Waals surface area contributed by atoms with Gasteiger partial charge in [-0.3, -0.25) is 19.5 Å². The summed E-state index contributed by atoms with van der Waals surface area (Å²) in [6.07, 6.45) is 0. The predicted octanol–water partition coefficient (Wildman–Crippen LogP) is 2.09. The molecule has 0 fully saturated rings. The summed E-state index contributed by atoms with van der Waals surface area (Å²) in [5, 5.41) is 14.6. The highest BCUT2D eigenvalue weighted by molar-refractivity contribution is 7.92. The number of nitro benzene ring substituents is 1. The molecule has 0 saturated carbocycles. The van der Waals surface area contributed by atoms with Gasteiger partial charge in [0.2, 0.25) is 0 Å². The summed E-state index contributed by atoms with van der Waals surface area (Å²) in [4.78, 5) is 9.69. The number of aromatic nitrogens is 2. The number of aryl methyl sites for hydroxylation is 2. The molecule has 0 amide bonds. The summed E-state index contributed by atoms with van der Waals surface area (Å²) < 4.78 is 28.2. The summed E-state index contributed by atoms with van der Waals surface area (Å²) in [6.45, 7) is 1.71. The van der Waals surface area contributed by atoms with E-state index in [1.807, 2.05) is 0 Å². The minimum absolute atomic E-state index is 0.105. The standard InChI is InChI=1S/C11H11ClN4O4S/c1-7-5-11(15(2)13-7)14-21(19,20)10-6-8(16(17)18)3-4-9(10)12/h3-6,14H,1-2H3. The molecule has 0 saturated heterocycles. The summed E-state index contributed by atoms with van der Waals surface area (Å²) in [6, 6.07) is 4.75. The number of rotatable bonds is 4. The van der Waals surface area contributed by atoms with Gasteiger partial charge in [-0.05, 0) is 13.0 Å². The maximum Gasteiger partial charge on any atom is 0.270 e. The van der Waals surface area contributed by atoms with Gasteiger partial charge >= 0.3 is 0 Å². The Hall–Kier alpha value is -2.13. The number of nitrogens with zero attached hydrogens (tertiary/aromatic N) is 3. The summed E-state index contributed by atoms with van der Waals surface area (Å²) in [5.41, 5.74) is 0.265. The second-order valence-electron chi connectivity index (χ2n) is 4.27. The molecule has 0 atom stereocenters. The van der Waals surface area contributed by atoms with E-state index in [1.54, 1.807) is 14.0 Å². The van der Waals surface area contributed by atoms with Gasteiger partial charge in [0.25, 0.3) is 15.7 Å². The van der Waals surface area contributed by atoms with Crippen molar-refractivity contribution in [2.75, 3.05) is 4.72 Å². The first-order valence-electron chi connectivity index (χ1n) is 5.68. The highest BCUT2D eigenvalue weighted by atomic mass is 35.5. The van der Waals surface area contributed by atoms with Crippen LogP contribution in [0.3, 0.4) is 0 Å². The zero-order chi connectivity index (χ0) is 15.8. The third kappa shape index (κ3) is 3.14. The number of sulfonamides is 1. The normalized spacial score (nSPS) is 11.4. The van der Waals surface area contributed by atoms with Gasteiger partial charge in [-0.15, -0.1) is 0 Å². The minimum Gasteiger partial charge on any atom is -0.264 e. The zero-order valence-electron chi connectivity index (χ0n) is 11.1. The van der Waals surface area contributed by atoms with Crippen molar-refractivity contribution in [3.8, 4) is 0 Å². The van der Waals surface area contributed by atoms with E-state index in [0.717, 1.165) is 12.1 Å². The predicted molar refractivity (Wildman–Crippen MR) is 76.9 cm³/mol. The molecule has 10 heteroatoms. The minimum atomic E-state index is -4.06. The van der Waals surface area contributed by atoms with E-state index in [-0.39, 0.29) is 21.4 Å². The Balaban J connectivity index is 2.46. The number of non-ortho nitro benzene ring substituents is 1. The van der Waals surface area contributed by atoms with Gasteiger partial charge in [0.05, 0.1) is 15.6 Å². The van der Waals surface area contributed by atoms with Crippen molar-refractivity contribution in [1.29, 1.82) is 0 Å². The number of anilines is 1. The van der Waals surface area contributed by atoms with Crippen LogP contribution in [0, 0.1) is 17.0 Å². The maximum atomic E-state index is 12.3. The highest BCUT2D eigenvalue weighted by Gasteiger charge is 2.22. The summed E-state index contributed by atoms with van der Waals surface area (Å²) in [5.74, 6) is 0.232. The first-order valence-corrected chi connectivity index (χ1v) is 7.54. The number of hydrogen-bond donors (Lipinski definition) is 1. The quantitative estimate of drug-likeness (QED) is 0.682. The Labute approximate surface area is 125 Å². The van der Waals surface area contributed by atoms with Crippen LogP contribution in [0.4, 0.5) is 11.5 Å². The van der Waals surface area contributed by atoms with Crippen molar-refractivity contribution in [2.45, 2.75) is 11.8 Å². The van der Waals surface area contributed by atoms with Crippen LogP contribution in [0.2, 0.25) is 5.02 Å². The molecule has 0 aliphatic rings. The molecule has 0 aliphatic carbocycles. The number of halogens is 1. The Kier molecular flexibility index (Phi) is 3.88. The second kappa shape index (κ2) is 5.34. The first kappa shape index (κ1) is 15.3. The van der Waals surface area contributed by atoms with Gasteiger partial charge in [-0.2, -0.15) is 5.10 Å². The Morgan fingerprint density at radius 2 is 2.05 bits per heavy atom. The fourth-order valence-electron chi connectivity index (χ4n) is 1.71. The average Bonchev–Trinajstić information content (AvgIpc) is 2.67. The number of nitro groups is 1. The number of benzene rings is 1. The molecule has 21 heavy (non-hydrogen) atoms. The van der Waals surface area contributed by atoms with Crippen LogP contribution in [0.1, 0.15) is 5.69 Å². The van der Waals surface area contributed by atoms with E-state index in [1.165, 1.54) is 16.8 Å². The van der Waals surface area contributed by atoms with E-state index in [9.17, 15) is 18.5 Å². The van der Waals surface area contributed by atoms with Crippen LogP contribution in [0.15, 0.2) is 29.2 Å². The fraction of sp³-hybridized carbons (Fsp3) is 0.182.